The molecule has 1 rings (SSSR count). The van der Waals surface area contributed by atoms with E-state index in [1.165, 1.54) is 34.1 Å². The minimum atomic E-state index is -1.20. The summed E-state index contributed by atoms with van der Waals surface area (Å²) in [5.74, 6) is -2.56. The number of carbonyl (C=O) groups excluding carboxylic acids is 4. The maximum absolute atomic E-state index is 11.8. The SMILES string of the molecule is CCCCCCCCO[C@@H]1O[C@H](COC(C)=O)[C@@H](OC(C)=O)[C@@H](OC(C)=O)[C@H]1OC(C)=O. The summed E-state index contributed by atoms with van der Waals surface area (Å²) in [6.45, 7) is 6.97. The summed E-state index contributed by atoms with van der Waals surface area (Å²) in [6, 6.07) is 0. The van der Waals surface area contributed by atoms with E-state index in [2.05, 4.69) is 6.92 Å². The van der Waals surface area contributed by atoms with Crippen molar-refractivity contribution in [1.82, 2.24) is 0 Å². The van der Waals surface area contributed by atoms with Crippen LogP contribution in [0.2, 0.25) is 0 Å². The van der Waals surface area contributed by atoms with Gasteiger partial charge in [0.1, 0.15) is 12.7 Å². The third-order valence-electron chi connectivity index (χ3n) is 4.73. The average molecular weight is 461 g/mol. The van der Waals surface area contributed by atoms with E-state index >= 15 is 0 Å². The molecule has 0 aliphatic carbocycles. The summed E-state index contributed by atoms with van der Waals surface area (Å²) in [5.41, 5.74) is 0. The second-order valence-electron chi connectivity index (χ2n) is 7.71. The number of ether oxygens (including phenoxy) is 6. The average Bonchev–Trinajstić information content (AvgIpc) is 2.68. The van der Waals surface area contributed by atoms with E-state index in [4.69, 9.17) is 28.4 Å². The predicted molar refractivity (Wildman–Crippen MR) is 111 cm³/mol. The fourth-order valence-corrected chi connectivity index (χ4v) is 3.40. The van der Waals surface area contributed by atoms with Gasteiger partial charge in [0.25, 0.3) is 0 Å². The van der Waals surface area contributed by atoms with Gasteiger partial charge in [-0.3, -0.25) is 19.2 Å². The topological polar surface area (TPSA) is 124 Å². The zero-order valence-corrected chi connectivity index (χ0v) is 19.6. The number of hydrogen-bond acceptors (Lipinski definition) is 10. The van der Waals surface area contributed by atoms with Crippen molar-refractivity contribution < 1.29 is 47.6 Å². The molecule has 1 heterocycles. The van der Waals surface area contributed by atoms with Gasteiger partial charge >= 0.3 is 23.9 Å². The van der Waals surface area contributed by atoms with Gasteiger partial charge in [-0.05, 0) is 6.42 Å². The van der Waals surface area contributed by atoms with E-state index < -0.39 is 54.6 Å². The van der Waals surface area contributed by atoms with Gasteiger partial charge in [0.05, 0.1) is 0 Å². The van der Waals surface area contributed by atoms with E-state index in [-0.39, 0.29) is 6.61 Å². The zero-order chi connectivity index (χ0) is 24.1. The second-order valence-corrected chi connectivity index (χ2v) is 7.71. The van der Waals surface area contributed by atoms with Crippen molar-refractivity contribution in [3.63, 3.8) is 0 Å². The summed E-state index contributed by atoms with van der Waals surface area (Å²) >= 11 is 0. The second kappa shape index (κ2) is 14.8. The van der Waals surface area contributed by atoms with E-state index in [0.717, 1.165) is 32.1 Å². The molecule has 10 nitrogen and oxygen atoms in total. The van der Waals surface area contributed by atoms with Crippen molar-refractivity contribution >= 4 is 23.9 Å². The van der Waals surface area contributed by atoms with Gasteiger partial charge in [0.15, 0.2) is 24.6 Å². The molecule has 0 aromatic rings. The van der Waals surface area contributed by atoms with Gasteiger partial charge in [-0.2, -0.15) is 0 Å². The maximum atomic E-state index is 11.8. The van der Waals surface area contributed by atoms with Gasteiger partial charge < -0.3 is 28.4 Å². The Kier molecular flexibility index (Phi) is 12.9. The first-order chi connectivity index (χ1) is 15.1. The van der Waals surface area contributed by atoms with Gasteiger partial charge in [0, 0.05) is 34.3 Å². The molecule has 0 saturated carbocycles. The summed E-state index contributed by atoms with van der Waals surface area (Å²) in [5, 5.41) is 0. The van der Waals surface area contributed by atoms with E-state index in [1.807, 2.05) is 0 Å². The minimum absolute atomic E-state index is 0.269. The Morgan fingerprint density at radius 1 is 0.688 bits per heavy atom. The van der Waals surface area contributed by atoms with E-state index in [0.29, 0.717) is 6.61 Å². The standard InChI is InChI=1S/C22H36O10/c1-6-7-8-9-10-11-12-27-22-21(31-17(5)26)20(30-16(4)25)19(29-15(3)24)18(32-22)13-28-14(2)23/h18-22H,6-13H2,1-5H3/t18-,19-,20-,21-,22-/m1/s1. The lowest BCUT2D eigenvalue weighted by Crippen LogP contribution is -2.63. The van der Waals surface area contributed by atoms with Crippen LogP contribution in [0.25, 0.3) is 0 Å². The number of esters is 4. The smallest absolute Gasteiger partial charge is 0.303 e. The van der Waals surface area contributed by atoms with Crippen LogP contribution in [0.15, 0.2) is 0 Å². The molecular formula is C22H36O10. The Morgan fingerprint density at radius 3 is 1.78 bits per heavy atom. The predicted octanol–water partition coefficient (Wildman–Crippen LogP) is 2.45. The summed E-state index contributed by atoms with van der Waals surface area (Å²) in [7, 11) is 0. The third-order valence-corrected chi connectivity index (χ3v) is 4.73. The minimum Gasteiger partial charge on any atom is -0.463 e. The highest BCUT2D eigenvalue weighted by molar-refractivity contribution is 5.68. The molecule has 0 amide bonds. The molecule has 184 valence electrons. The Labute approximate surface area is 189 Å². The molecule has 0 unspecified atom stereocenters. The van der Waals surface area contributed by atoms with Crippen LogP contribution in [0.1, 0.15) is 73.1 Å². The van der Waals surface area contributed by atoms with Crippen LogP contribution in [0.5, 0.6) is 0 Å². The molecule has 0 aromatic heterocycles. The van der Waals surface area contributed by atoms with E-state index in [9.17, 15) is 19.2 Å². The quantitative estimate of drug-likeness (QED) is 0.230. The fraction of sp³-hybridized carbons (Fsp3) is 0.818. The van der Waals surface area contributed by atoms with Gasteiger partial charge in [-0.25, -0.2) is 0 Å². The number of rotatable bonds is 13. The molecular weight excluding hydrogens is 424 g/mol. The summed E-state index contributed by atoms with van der Waals surface area (Å²) in [6.07, 6.45) is 0.641. The first-order valence-electron chi connectivity index (χ1n) is 11.1. The van der Waals surface area contributed by atoms with Crippen molar-refractivity contribution in [3.8, 4) is 0 Å². The van der Waals surface area contributed by atoms with Crippen molar-refractivity contribution in [2.45, 2.75) is 104 Å². The number of unbranched alkanes of at least 4 members (excludes halogenated alkanes) is 5. The normalized spacial score (nSPS) is 25.0. The highest BCUT2D eigenvalue weighted by Crippen LogP contribution is 2.30. The Morgan fingerprint density at radius 2 is 1.22 bits per heavy atom. The lowest BCUT2D eigenvalue weighted by atomic mass is 9.98. The molecule has 0 aromatic carbocycles. The molecule has 5 atom stereocenters. The summed E-state index contributed by atoms with van der Waals surface area (Å²) in [4.78, 5) is 46.5. The highest BCUT2D eigenvalue weighted by Gasteiger charge is 2.52. The molecule has 10 heteroatoms. The van der Waals surface area contributed by atoms with Crippen LogP contribution in [-0.2, 0) is 47.6 Å². The monoisotopic (exact) mass is 460 g/mol. The molecule has 1 aliphatic rings. The highest BCUT2D eigenvalue weighted by atomic mass is 16.7. The molecule has 1 fully saturated rings. The first-order valence-corrected chi connectivity index (χ1v) is 11.1. The van der Waals surface area contributed by atoms with Gasteiger partial charge in [-0.1, -0.05) is 39.0 Å². The van der Waals surface area contributed by atoms with Crippen LogP contribution < -0.4 is 0 Å². The van der Waals surface area contributed by atoms with Crippen molar-refractivity contribution in [3.05, 3.63) is 0 Å². The molecule has 0 N–H and O–H groups in total. The van der Waals surface area contributed by atoms with Crippen molar-refractivity contribution in [2.75, 3.05) is 13.2 Å². The lowest BCUT2D eigenvalue weighted by molar-refractivity contribution is -0.308. The third kappa shape index (κ3) is 10.4. The molecule has 32 heavy (non-hydrogen) atoms. The lowest BCUT2D eigenvalue weighted by Gasteiger charge is -2.44. The maximum Gasteiger partial charge on any atom is 0.303 e. The summed E-state index contributed by atoms with van der Waals surface area (Å²) < 4.78 is 32.8. The molecule has 1 aliphatic heterocycles. The molecule has 0 bridgehead atoms. The van der Waals surface area contributed by atoms with Gasteiger partial charge in [-0.15, -0.1) is 0 Å². The van der Waals surface area contributed by atoms with E-state index in [1.54, 1.807) is 0 Å². The molecule has 0 radical (unpaired) electrons. The van der Waals surface area contributed by atoms with Crippen LogP contribution in [0, 0.1) is 0 Å². The number of carbonyl (C=O) groups is 4. The zero-order valence-electron chi connectivity index (χ0n) is 19.6. The van der Waals surface area contributed by atoms with Crippen molar-refractivity contribution in [2.24, 2.45) is 0 Å². The Balaban J connectivity index is 3.01. The largest absolute Gasteiger partial charge is 0.463 e. The molecule has 0 spiro atoms. The fourth-order valence-electron chi connectivity index (χ4n) is 3.40. The Hall–Kier alpha value is -2.20. The van der Waals surface area contributed by atoms with Crippen LogP contribution in [0.4, 0.5) is 0 Å². The molecule has 1 saturated heterocycles. The van der Waals surface area contributed by atoms with Gasteiger partial charge in [0.2, 0.25) is 0 Å². The first kappa shape index (κ1) is 27.8. The number of hydrogen-bond donors (Lipinski definition) is 0. The van der Waals surface area contributed by atoms with Crippen LogP contribution in [0.3, 0.4) is 0 Å². The van der Waals surface area contributed by atoms with Crippen LogP contribution >= 0.6 is 0 Å². The van der Waals surface area contributed by atoms with Crippen LogP contribution in [-0.4, -0.2) is 67.8 Å². The Bertz CT molecular complexity index is 620. The van der Waals surface area contributed by atoms with Crippen molar-refractivity contribution in [1.29, 1.82) is 0 Å².